The molecule has 2 rings (SSSR count). The maximum absolute atomic E-state index is 11.7. The molecule has 1 amide bonds. The van der Waals surface area contributed by atoms with Crippen LogP contribution in [0.3, 0.4) is 0 Å². The highest BCUT2D eigenvalue weighted by atomic mass is 16.2. The molecule has 3 heteroatoms. The molecule has 1 aromatic rings. The Morgan fingerprint density at radius 3 is 2.76 bits per heavy atom. The van der Waals surface area contributed by atoms with Crippen LogP contribution < -0.4 is 10.6 Å². The second-order valence-electron chi connectivity index (χ2n) is 5.10. The first-order valence-corrected chi connectivity index (χ1v) is 6.18. The molecule has 0 saturated carbocycles. The first-order chi connectivity index (χ1) is 8.08. The van der Waals surface area contributed by atoms with Crippen molar-refractivity contribution in [3.63, 3.8) is 0 Å². The minimum absolute atomic E-state index is 0.0886. The molecule has 2 atom stereocenters. The van der Waals surface area contributed by atoms with Crippen molar-refractivity contribution in [3.05, 3.63) is 35.4 Å². The van der Waals surface area contributed by atoms with Gasteiger partial charge in [-0.25, -0.2) is 0 Å². The van der Waals surface area contributed by atoms with E-state index in [2.05, 4.69) is 55.7 Å². The molecule has 1 aliphatic rings. The zero-order chi connectivity index (χ0) is 12.4. The van der Waals surface area contributed by atoms with E-state index < -0.39 is 0 Å². The SMILES string of the molecule is Cc1cccc(C2CNC(=O)C(C(C)C)N2)c1. The van der Waals surface area contributed by atoms with Gasteiger partial charge in [-0.3, -0.25) is 10.1 Å². The van der Waals surface area contributed by atoms with Crippen LogP contribution in [-0.4, -0.2) is 18.5 Å². The summed E-state index contributed by atoms with van der Waals surface area (Å²) in [5.74, 6) is 0.423. The zero-order valence-electron chi connectivity index (χ0n) is 10.7. The van der Waals surface area contributed by atoms with Gasteiger partial charge in [-0.1, -0.05) is 43.7 Å². The molecule has 2 unspecified atom stereocenters. The van der Waals surface area contributed by atoms with Gasteiger partial charge in [-0.2, -0.15) is 0 Å². The number of aryl methyl sites for hydroxylation is 1. The van der Waals surface area contributed by atoms with Crippen LogP contribution >= 0.6 is 0 Å². The zero-order valence-corrected chi connectivity index (χ0v) is 10.7. The highest BCUT2D eigenvalue weighted by Crippen LogP contribution is 2.19. The van der Waals surface area contributed by atoms with Gasteiger partial charge in [0.05, 0.1) is 12.1 Å². The van der Waals surface area contributed by atoms with E-state index in [9.17, 15) is 4.79 Å². The molecule has 3 nitrogen and oxygen atoms in total. The third-order valence-electron chi connectivity index (χ3n) is 3.25. The molecular weight excluding hydrogens is 212 g/mol. The maximum atomic E-state index is 11.7. The Kier molecular flexibility index (Phi) is 3.48. The van der Waals surface area contributed by atoms with E-state index in [1.165, 1.54) is 11.1 Å². The molecule has 1 fully saturated rings. The first-order valence-electron chi connectivity index (χ1n) is 6.18. The third kappa shape index (κ3) is 2.67. The largest absolute Gasteiger partial charge is 0.353 e. The number of benzene rings is 1. The molecule has 92 valence electrons. The van der Waals surface area contributed by atoms with Crippen molar-refractivity contribution in [2.75, 3.05) is 6.54 Å². The molecule has 17 heavy (non-hydrogen) atoms. The van der Waals surface area contributed by atoms with Crippen molar-refractivity contribution in [1.82, 2.24) is 10.6 Å². The summed E-state index contributed by atoms with van der Waals surface area (Å²) >= 11 is 0. The normalized spacial score (nSPS) is 24.8. The van der Waals surface area contributed by atoms with Gasteiger partial charge in [0.2, 0.25) is 5.91 Å². The predicted octanol–water partition coefficient (Wildman–Crippen LogP) is 1.78. The summed E-state index contributed by atoms with van der Waals surface area (Å²) in [5.41, 5.74) is 2.50. The van der Waals surface area contributed by atoms with E-state index in [4.69, 9.17) is 0 Å². The topological polar surface area (TPSA) is 41.1 Å². The van der Waals surface area contributed by atoms with Crippen LogP contribution in [0.15, 0.2) is 24.3 Å². The average Bonchev–Trinajstić information content (AvgIpc) is 2.29. The van der Waals surface area contributed by atoms with Gasteiger partial charge >= 0.3 is 0 Å². The summed E-state index contributed by atoms with van der Waals surface area (Å²) in [7, 11) is 0. The first kappa shape index (κ1) is 12.1. The van der Waals surface area contributed by atoms with Gasteiger partial charge in [0.25, 0.3) is 0 Å². The Labute approximate surface area is 103 Å². The molecule has 0 bridgehead atoms. The van der Waals surface area contributed by atoms with E-state index in [1.807, 2.05) is 0 Å². The summed E-state index contributed by atoms with van der Waals surface area (Å²) in [5, 5.41) is 6.41. The van der Waals surface area contributed by atoms with Crippen molar-refractivity contribution in [1.29, 1.82) is 0 Å². The van der Waals surface area contributed by atoms with Crippen molar-refractivity contribution in [3.8, 4) is 0 Å². The fraction of sp³-hybridized carbons (Fsp3) is 0.500. The Bertz CT molecular complexity index is 414. The molecule has 1 aromatic carbocycles. The number of carbonyl (C=O) groups excluding carboxylic acids is 1. The van der Waals surface area contributed by atoms with E-state index in [0.717, 1.165) is 0 Å². The third-order valence-corrected chi connectivity index (χ3v) is 3.25. The van der Waals surface area contributed by atoms with Crippen molar-refractivity contribution < 1.29 is 4.79 Å². The lowest BCUT2D eigenvalue weighted by Gasteiger charge is -2.33. The fourth-order valence-electron chi connectivity index (χ4n) is 2.26. The van der Waals surface area contributed by atoms with Gasteiger partial charge in [0, 0.05) is 6.54 Å². The van der Waals surface area contributed by atoms with E-state index >= 15 is 0 Å². The van der Waals surface area contributed by atoms with Crippen molar-refractivity contribution in [2.24, 2.45) is 5.92 Å². The molecule has 0 radical (unpaired) electrons. The minimum Gasteiger partial charge on any atom is -0.353 e. The summed E-state index contributed by atoms with van der Waals surface area (Å²) in [4.78, 5) is 11.7. The highest BCUT2D eigenvalue weighted by Gasteiger charge is 2.30. The van der Waals surface area contributed by atoms with E-state index in [0.29, 0.717) is 12.5 Å². The van der Waals surface area contributed by atoms with Crippen molar-refractivity contribution in [2.45, 2.75) is 32.9 Å². The number of hydrogen-bond donors (Lipinski definition) is 2. The lowest BCUT2D eigenvalue weighted by molar-refractivity contribution is -0.126. The quantitative estimate of drug-likeness (QED) is 0.816. The molecule has 0 aromatic heterocycles. The number of amides is 1. The standard InChI is InChI=1S/C14H20N2O/c1-9(2)13-14(17)15-8-12(16-13)11-6-4-5-10(3)7-11/h4-7,9,12-13,16H,8H2,1-3H3,(H,15,17). The smallest absolute Gasteiger partial charge is 0.237 e. The Morgan fingerprint density at radius 1 is 1.35 bits per heavy atom. The lowest BCUT2D eigenvalue weighted by atomic mass is 9.96. The summed E-state index contributed by atoms with van der Waals surface area (Å²) in [6.45, 7) is 6.89. The number of nitrogens with one attached hydrogen (secondary N) is 2. The maximum Gasteiger partial charge on any atom is 0.237 e. The molecule has 0 aliphatic carbocycles. The number of piperazine rings is 1. The number of hydrogen-bond acceptors (Lipinski definition) is 2. The van der Waals surface area contributed by atoms with Gasteiger partial charge in [0.1, 0.15) is 0 Å². The number of carbonyl (C=O) groups is 1. The second-order valence-corrected chi connectivity index (χ2v) is 5.10. The number of rotatable bonds is 2. The highest BCUT2D eigenvalue weighted by molar-refractivity contribution is 5.83. The average molecular weight is 232 g/mol. The van der Waals surface area contributed by atoms with Crippen LogP contribution in [0.25, 0.3) is 0 Å². The monoisotopic (exact) mass is 232 g/mol. The van der Waals surface area contributed by atoms with Crippen LogP contribution in [0.4, 0.5) is 0 Å². The molecule has 2 N–H and O–H groups in total. The predicted molar refractivity (Wildman–Crippen MR) is 68.7 cm³/mol. The Morgan fingerprint density at radius 2 is 2.12 bits per heavy atom. The molecule has 1 saturated heterocycles. The molecule has 1 heterocycles. The Hall–Kier alpha value is -1.35. The molecule has 1 aliphatic heterocycles. The van der Waals surface area contributed by atoms with Crippen LogP contribution in [0.1, 0.15) is 31.0 Å². The van der Waals surface area contributed by atoms with Crippen LogP contribution in [0, 0.1) is 12.8 Å². The van der Waals surface area contributed by atoms with Gasteiger partial charge < -0.3 is 5.32 Å². The van der Waals surface area contributed by atoms with Gasteiger partial charge in [-0.05, 0) is 18.4 Å². The lowest BCUT2D eigenvalue weighted by Crippen LogP contribution is -2.56. The molecule has 0 spiro atoms. The van der Waals surface area contributed by atoms with Crippen LogP contribution in [0.5, 0.6) is 0 Å². The fourth-order valence-corrected chi connectivity index (χ4v) is 2.26. The second kappa shape index (κ2) is 4.88. The minimum atomic E-state index is -0.0886. The van der Waals surface area contributed by atoms with E-state index in [-0.39, 0.29) is 18.0 Å². The van der Waals surface area contributed by atoms with E-state index in [1.54, 1.807) is 0 Å². The van der Waals surface area contributed by atoms with Crippen LogP contribution in [-0.2, 0) is 4.79 Å². The molecular formula is C14H20N2O. The van der Waals surface area contributed by atoms with Gasteiger partial charge in [0.15, 0.2) is 0 Å². The summed E-state index contributed by atoms with van der Waals surface area (Å²) in [6, 6.07) is 8.57. The summed E-state index contributed by atoms with van der Waals surface area (Å²) in [6.07, 6.45) is 0. The van der Waals surface area contributed by atoms with Crippen LogP contribution in [0.2, 0.25) is 0 Å². The Balaban J connectivity index is 2.16. The summed E-state index contributed by atoms with van der Waals surface area (Å²) < 4.78 is 0. The van der Waals surface area contributed by atoms with Crippen molar-refractivity contribution >= 4 is 5.91 Å². The van der Waals surface area contributed by atoms with Gasteiger partial charge in [-0.15, -0.1) is 0 Å².